The van der Waals surface area contributed by atoms with E-state index in [-0.39, 0.29) is 11.1 Å². The van der Waals surface area contributed by atoms with E-state index in [2.05, 4.69) is 35.8 Å². The number of rotatable bonds is 4. The average Bonchev–Trinajstić information content (AvgIpc) is 2.38. The van der Waals surface area contributed by atoms with Gasteiger partial charge in [-0.2, -0.15) is 0 Å². The maximum Gasteiger partial charge on any atom is 0.340 e. The summed E-state index contributed by atoms with van der Waals surface area (Å²) in [5, 5.41) is 0. The summed E-state index contributed by atoms with van der Waals surface area (Å²) < 4.78 is 8.33. The minimum atomic E-state index is -0.764. The van der Waals surface area contributed by atoms with Crippen LogP contribution in [0.1, 0.15) is 13.8 Å². The summed E-state index contributed by atoms with van der Waals surface area (Å²) in [7, 11) is 0. The zero-order valence-electron chi connectivity index (χ0n) is 11.4. The van der Waals surface area contributed by atoms with Gasteiger partial charge in [-0.3, -0.25) is 0 Å². The highest BCUT2D eigenvalue weighted by Gasteiger charge is 2.10. The molecule has 0 N–H and O–H groups in total. The molecule has 0 amide bonds. The van der Waals surface area contributed by atoms with E-state index in [9.17, 15) is 19.2 Å². The third kappa shape index (κ3) is 10.4. The van der Waals surface area contributed by atoms with Gasteiger partial charge in [0, 0.05) is 23.3 Å². The van der Waals surface area contributed by atoms with Crippen molar-refractivity contribution in [2.45, 2.75) is 13.8 Å². The van der Waals surface area contributed by atoms with E-state index in [1.807, 2.05) is 0 Å². The van der Waals surface area contributed by atoms with Crippen LogP contribution in [0.3, 0.4) is 0 Å². The first-order chi connectivity index (χ1) is 9.15. The van der Waals surface area contributed by atoms with Crippen molar-refractivity contribution in [3.63, 3.8) is 0 Å². The largest absolute Gasteiger partial charge is 0.387 e. The van der Waals surface area contributed by atoms with Crippen LogP contribution in [-0.4, -0.2) is 23.9 Å². The SMILES string of the molecule is C=C(C)C(=O)OC(=O)C(=C)C.C=CC(=O)OC(=O)C=C. The Hall–Kier alpha value is -2.76. The van der Waals surface area contributed by atoms with E-state index < -0.39 is 23.9 Å². The lowest BCUT2D eigenvalue weighted by atomic mass is 10.3. The zero-order valence-corrected chi connectivity index (χ0v) is 11.4. The van der Waals surface area contributed by atoms with Crippen LogP contribution in [0.5, 0.6) is 0 Å². The second kappa shape index (κ2) is 10.2. The molecule has 0 radical (unpaired) electrons. The molecule has 0 spiro atoms. The van der Waals surface area contributed by atoms with Crippen molar-refractivity contribution < 1.29 is 28.7 Å². The van der Waals surface area contributed by atoms with Gasteiger partial charge < -0.3 is 9.47 Å². The summed E-state index contributed by atoms with van der Waals surface area (Å²) in [6, 6.07) is 0. The minimum Gasteiger partial charge on any atom is -0.387 e. The molecular formula is C14H16O6. The predicted octanol–water partition coefficient (Wildman–Crippen LogP) is 1.64. The number of carbonyl (C=O) groups excluding carboxylic acids is 4. The second-order valence-corrected chi connectivity index (χ2v) is 3.39. The van der Waals surface area contributed by atoms with Crippen molar-refractivity contribution >= 4 is 23.9 Å². The van der Waals surface area contributed by atoms with Crippen molar-refractivity contribution in [2.24, 2.45) is 0 Å². The van der Waals surface area contributed by atoms with Crippen molar-refractivity contribution in [3.05, 3.63) is 49.6 Å². The predicted molar refractivity (Wildman–Crippen MR) is 72.2 cm³/mol. The minimum absolute atomic E-state index is 0.194. The molecule has 0 saturated carbocycles. The van der Waals surface area contributed by atoms with Gasteiger partial charge in [-0.25, -0.2) is 19.2 Å². The fourth-order valence-corrected chi connectivity index (χ4v) is 0.441. The molecule has 0 heterocycles. The van der Waals surface area contributed by atoms with E-state index in [4.69, 9.17) is 0 Å². The summed E-state index contributed by atoms with van der Waals surface area (Å²) in [6.07, 6.45) is 1.81. The number of carbonyl (C=O) groups is 4. The van der Waals surface area contributed by atoms with E-state index in [0.717, 1.165) is 12.2 Å². The van der Waals surface area contributed by atoms with Gasteiger partial charge in [0.2, 0.25) is 0 Å². The highest BCUT2D eigenvalue weighted by molar-refractivity contribution is 6.00. The topological polar surface area (TPSA) is 86.7 Å². The molecule has 20 heavy (non-hydrogen) atoms. The molecule has 0 saturated heterocycles. The van der Waals surface area contributed by atoms with Gasteiger partial charge in [0.1, 0.15) is 0 Å². The number of hydrogen-bond donors (Lipinski definition) is 0. The maximum absolute atomic E-state index is 10.7. The summed E-state index contributed by atoms with van der Waals surface area (Å²) >= 11 is 0. The standard InChI is InChI=1S/C8H10O3.C6H6O3/c1-5(2)7(9)11-8(10)6(3)4;1-3-5(7)9-6(8)4-2/h1,3H2,2,4H3;3-4H,1-2H2. The van der Waals surface area contributed by atoms with Crippen LogP contribution in [0, 0.1) is 0 Å². The molecule has 0 bridgehead atoms. The Labute approximate surface area is 117 Å². The number of hydrogen-bond acceptors (Lipinski definition) is 6. The first-order valence-corrected chi connectivity index (χ1v) is 5.23. The fraction of sp³-hybridized carbons (Fsp3) is 0.143. The Morgan fingerprint density at radius 2 is 1.05 bits per heavy atom. The molecule has 0 aromatic heterocycles. The van der Waals surface area contributed by atoms with Crippen LogP contribution >= 0.6 is 0 Å². The highest BCUT2D eigenvalue weighted by atomic mass is 16.6. The van der Waals surface area contributed by atoms with Gasteiger partial charge in [0.05, 0.1) is 0 Å². The van der Waals surface area contributed by atoms with Crippen LogP contribution in [0.25, 0.3) is 0 Å². The van der Waals surface area contributed by atoms with Crippen LogP contribution in [0.15, 0.2) is 49.6 Å². The highest BCUT2D eigenvalue weighted by Crippen LogP contribution is 1.97. The first-order valence-electron chi connectivity index (χ1n) is 5.23. The molecule has 0 unspecified atom stereocenters. The Kier molecular flexibility index (Phi) is 9.97. The van der Waals surface area contributed by atoms with Gasteiger partial charge in [-0.15, -0.1) is 0 Å². The van der Waals surface area contributed by atoms with Crippen LogP contribution < -0.4 is 0 Å². The van der Waals surface area contributed by atoms with Gasteiger partial charge in [0.25, 0.3) is 0 Å². The molecule has 0 atom stereocenters. The molecule has 0 rings (SSSR count). The van der Waals surface area contributed by atoms with Gasteiger partial charge in [0.15, 0.2) is 0 Å². The monoisotopic (exact) mass is 280 g/mol. The van der Waals surface area contributed by atoms with Crippen molar-refractivity contribution in [3.8, 4) is 0 Å². The fourth-order valence-electron chi connectivity index (χ4n) is 0.441. The van der Waals surface area contributed by atoms with Gasteiger partial charge >= 0.3 is 23.9 Å². The Morgan fingerprint density at radius 1 is 0.750 bits per heavy atom. The van der Waals surface area contributed by atoms with Crippen molar-refractivity contribution in [1.29, 1.82) is 0 Å². The molecule has 6 heteroatoms. The van der Waals surface area contributed by atoms with E-state index in [0.29, 0.717) is 0 Å². The lowest BCUT2D eigenvalue weighted by molar-refractivity contribution is -0.155. The lowest BCUT2D eigenvalue weighted by Crippen LogP contribution is -2.12. The summed E-state index contributed by atoms with van der Waals surface area (Å²) in [6.45, 7) is 15.7. The molecule has 0 aromatic rings. The summed E-state index contributed by atoms with van der Waals surface area (Å²) in [4.78, 5) is 41.7. The van der Waals surface area contributed by atoms with Gasteiger partial charge in [-0.05, 0) is 13.8 Å². The molecule has 0 aliphatic carbocycles. The quantitative estimate of drug-likeness (QED) is 0.442. The summed E-state index contributed by atoms with van der Waals surface area (Å²) in [5.41, 5.74) is 0.388. The molecule has 0 aliphatic rings. The van der Waals surface area contributed by atoms with E-state index >= 15 is 0 Å². The summed E-state index contributed by atoms with van der Waals surface area (Å²) in [5.74, 6) is -2.95. The average molecular weight is 280 g/mol. The van der Waals surface area contributed by atoms with Crippen LogP contribution in [-0.2, 0) is 28.7 Å². The lowest BCUT2D eigenvalue weighted by Gasteiger charge is -1.99. The second-order valence-electron chi connectivity index (χ2n) is 3.39. The Balaban J connectivity index is 0. The van der Waals surface area contributed by atoms with E-state index in [1.165, 1.54) is 13.8 Å². The van der Waals surface area contributed by atoms with Crippen LogP contribution in [0.2, 0.25) is 0 Å². The Bertz CT molecular complexity index is 428. The smallest absolute Gasteiger partial charge is 0.340 e. The molecule has 6 nitrogen and oxygen atoms in total. The third-order valence-corrected chi connectivity index (χ3v) is 1.42. The van der Waals surface area contributed by atoms with Crippen molar-refractivity contribution in [1.82, 2.24) is 0 Å². The Morgan fingerprint density at radius 3 is 1.25 bits per heavy atom. The maximum atomic E-state index is 10.7. The van der Waals surface area contributed by atoms with Crippen molar-refractivity contribution in [2.75, 3.05) is 0 Å². The molecule has 108 valence electrons. The zero-order chi connectivity index (χ0) is 16.3. The molecule has 0 fully saturated rings. The van der Waals surface area contributed by atoms with E-state index in [1.54, 1.807) is 0 Å². The molecule has 0 aromatic carbocycles. The molecule has 0 aliphatic heterocycles. The number of esters is 4. The van der Waals surface area contributed by atoms with Crippen LogP contribution in [0.4, 0.5) is 0 Å². The normalized spacial score (nSPS) is 8.10. The molecular weight excluding hydrogens is 264 g/mol. The first kappa shape index (κ1) is 19.6. The van der Waals surface area contributed by atoms with Gasteiger partial charge in [-0.1, -0.05) is 26.3 Å². The number of ether oxygens (including phenoxy) is 2. The third-order valence-electron chi connectivity index (χ3n) is 1.42.